The second-order valence-electron chi connectivity index (χ2n) is 4.48. The summed E-state index contributed by atoms with van der Waals surface area (Å²) in [6.07, 6.45) is 0.809. The van der Waals surface area contributed by atoms with Gasteiger partial charge < -0.3 is 10.6 Å². The van der Waals surface area contributed by atoms with Crippen LogP contribution in [0.1, 0.15) is 32.1 Å². The molecule has 96 valence electrons. The minimum atomic E-state index is -0.0441. The predicted octanol–water partition coefficient (Wildman–Crippen LogP) is 2.47. The molecule has 3 nitrogen and oxygen atoms in total. The summed E-state index contributed by atoms with van der Waals surface area (Å²) in [7, 11) is 0. The monoisotopic (exact) mass is 254 g/mol. The van der Waals surface area contributed by atoms with E-state index in [0.29, 0.717) is 13.1 Å². The van der Waals surface area contributed by atoms with E-state index < -0.39 is 0 Å². The molecule has 0 radical (unpaired) electrons. The normalized spacial score (nSPS) is 12.8. The van der Waals surface area contributed by atoms with Crippen LogP contribution in [0.5, 0.6) is 0 Å². The van der Waals surface area contributed by atoms with E-state index in [4.69, 9.17) is 5.73 Å². The summed E-state index contributed by atoms with van der Waals surface area (Å²) >= 11 is 1.69. The van der Waals surface area contributed by atoms with Crippen LogP contribution in [0, 0.1) is 5.92 Å². The van der Waals surface area contributed by atoms with Gasteiger partial charge in [0.1, 0.15) is 0 Å². The Morgan fingerprint density at radius 1 is 1.53 bits per heavy atom. The average molecular weight is 254 g/mol. The lowest BCUT2D eigenvalue weighted by atomic mass is 10.0. The van der Waals surface area contributed by atoms with E-state index >= 15 is 0 Å². The SMILES string of the molecule is CCC(CN)C(=O)N(Cc1cccs1)C(C)C. The van der Waals surface area contributed by atoms with Crippen LogP contribution in [0.4, 0.5) is 0 Å². The van der Waals surface area contributed by atoms with Gasteiger partial charge in [0.15, 0.2) is 0 Å². The van der Waals surface area contributed by atoms with Gasteiger partial charge in [-0.2, -0.15) is 0 Å². The number of nitrogens with two attached hydrogens (primary N) is 1. The number of rotatable bonds is 6. The van der Waals surface area contributed by atoms with E-state index in [1.54, 1.807) is 11.3 Å². The van der Waals surface area contributed by atoms with E-state index in [-0.39, 0.29) is 17.9 Å². The van der Waals surface area contributed by atoms with Crippen LogP contribution in [0.2, 0.25) is 0 Å². The van der Waals surface area contributed by atoms with Gasteiger partial charge in [0.25, 0.3) is 0 Å². The highest BCUT2D eigenvalue weighted by molar-refractivity contribution is 7.09. The summed E-state index contributed by atoms with van der Waals surface area (Å²) in [5, 5.41) is 2.04. The van der Waals surface area contributed by atoms with Crippen molar-refractivity contribution in [3.8, 4) is 0 Å². The van der Waals surface area contributed by atoms with Gasteiger partial charge in [0, 0.05) is 17.5 Å². The number of amides is 1. The van der Waals surface area contributed by atoms with Crippen molar-refractivity contribution < 1.29 is 4.79 Å². The topological polar surface area (TPSA) is 46.3 Å². The highest BCUT2D eigenvalue weighted by atomic mass is 32.1. The van der Waals surface area contributed by atoms with Crippen LogP contribution in [0.15, 0.2) is 17.5 Å². The van der Waals surface area contributed by atoms with Crippen molar-refractivity contribution in [2.45, 2.75) is 39.8 Å². The van der Waals surface area contributed by atoms with Crippen LogP contribution in [0.3, 0.4) is 0 Å². The first-order valence-corrected chi connectivity index (χ1v) is 7.01. The third kappa shape index (κ3) is 3.82. The quantitative estimate of drug-likeness (QED) is 0.847. The van der Waals surface area contributed by atoms with Crippen LogP contribution in [0.25, 0.3) is 0 Å². The van der Waals surface area contributed by atoms with Gasteiger partial charge in [-0.3, -0.25) is 4.79 Å². The van der Waals surface area contributed by atoms with Gasteiger partial charge >= 0.3 is 0 Å². The molecule has 1 amide bonds. The molecule has 1 rings (SSSR count). The molecule has 0 aliphatic rings. The molecule has 1 aromatic rings. The minimum Gasteiger partial charge on any atom is -0.335 e. The van der Waals surface area contributed by atoms with Gasteiger partial charge in [0.2, 0.25) is 5.91 Å². The largest absolute Gasteiger partial charge is 0.335 e. The van der Waals surface area contributed by atoms with Crippen LogP contribution in [-0.2, 0) is 11.3 Å². The highest BCUT2D eigenvalue weighted by Gasteiger charge is 2.24. The minimum absolute atomic E-state index is 0.0441. The molecule has 17 heavy (non-hydrogen) atoms. The number of nitrogens with zero attached hydrogens (tertiary/aromatic N) is 1. The fraction of sp³-hybridized carbons (Fsp3) is 0.615. The van der Waals surface area contributed by atoms with Gasteiger partial charge in [-0.25, -0.2) is 0 Å². The Bertz CT molecular complexity index is 331. The molecule has 0 aliphatic heterocycles. The molecule has 1 atom stereocenters. The molecule has 0 spiro atoms. The maximum Gasteiger partial charge on any atom is 0.227 e. The number of carbonyl (C=O) groups is 1. The Kier molecular flexibility index (Phi) is 5.65. The highest BCUT2D eigenvalue weighted by Crippen LogP contribution is 2.17. The standard InChI is InChI=1S/C13H22N2OS/c1-4-11(8-14)13(16)15(10(2)3)9-12-6-5-7-17-12/h5-7,10-11H,4,8-9,14H2,1-3H3. The van der Waals surface area contributed by atoms with Crippen molar-refractivity contribution >= 4 is 17.2 Å². The van der Waals surface area contributed by atoms with Crippen molar-refractivity contribution in [3.63, 3.8) is 0 Å². The Morgan fingerprint density at radius 3 is 2.65 bits per heavy atom. The molecule has 2 N–H and O–H groups in total. The number of carbonyl (C=O) groups excluding carboxylic acids is 1. The van der Waals surface area contributed by atoms with Gasteiger partial charge in [-0.15, -0.1) is 11.3 Å². The number of thiophene rings is 1. The third-order valence-corrected chi connectivity index (χ3v) is 3.80. The van der Waals surface area contributed by atoms with Crippen molar-refractivity contribution in [1.29, 1.82) is 0 Å². The van der Waals surface area contributed by atoms with Crippen molar-refractivity contribution in [2.24, 2.45) is 11.7 Å². The average Bonchev–Trinajstić information content (AvgIpc) is 2.79. The molecule has 1 unspecified atom stereocenters. The summed E-state index contributed by atoms with van der Waals surface area (Å²) in [5.74, 6) is 0.135. The van der Waals surface area contributed by atoms with E-state index in [1.807, 2.05) is 23.3 Å². The van der Waals surface area contributed by atoms with Crippen LogP contribution < -0.4 is 5.73 Å². The molecule has 0 saturated carbocycles. The molecule has 1 aromatic heterocycles. The zero-order chi connectivity index (χ0) is 12.8. The summed E-state index contributed by atoms with van der Waals surface area (Å²) < 4.78 is 0. The zero-order valence-electron chi connectivity index (χ0n) is 10.8. The summed E-state index contributed by atoms with van der Waals surface area (Å²) in [6.45, 7) is 7.25. The number of hydrogen-bond acceptors (Lipinski definition) is 3. The first-order valence-electron chi connectivity index (χ1n) is 6.13. The van der Waals surface area contributed by atoms with Gasteiger partial charge in [0.05, 0.1) is 12.5 Å². The zero-order valence-corrected chi connectivity index (χ0v) is 11.7. The lowest BCUT2D eigenvalue weighted by Gasteiger charge is -2.29. The molecule has 1 heterocycles. The molecule has 4 heteroatoms. The Balaban J connectivity index is 2.75. The molecule has 0 aliphatic carbocycles. The van der Waals surface area contributed by atoms with E-state index in [2.05, 4.69) is 19.9 Å². The van der Waals surface area contributed by atoms with E-state index in [1.165, 1.54) is 4.88 Å². The Morgan fingerprint density at radius 2 is 2.24 bits per heavy atom. The molecule has 0 aromatic carbocycles. The molecular formula is C13H22N2OS. The Hall–Kier alpha value is -0.870. The lowest BCUT2D eigenvalue weighted by molar-refractivity contribution is -0.137. The second-order valence-corrected chi connectivity index (χ2v) is 5.51. The van der Waals surface area contributed by atoms with Crippen molar-refractivity contribution in [1.82, 2.24) is 4.90 Å². The maximum atomic E-state index is 12.3. The first kappa shape index (κ1) is 14.2. The molecular weight excluding hydrogens is 232 g/mol. The summed E-state index contributed by atoms with van der Waals surface area (Å²) in [5.41, 5.74) is 5.65. The fourth-order valence-electron chi connectivity index (χ4n) is 1.76. The first-order chi connectivity index (χ1) is 8.10. The molecule has 0 bridgehead atoms. The van der Waals surface area contributed by atoms with E-state index in [9.17, 15) is 4.79 Å². The van der Waals surface area contributed by atoms with Crippen molar-refractivity contribution in [3.05, 3.63) is 22.4 Å². The summed E-state index contributed by atoms with van der Waals surface area (Å²) in [4.78, 5) is 15.5. The van der Waals surface area contributed by atoms with Crippen LogP contribution in [-0.4, -0.2) is 23.4 Å². The Labute approximate surface area is 108 Å². The molecule has 0 fully saturated rings. The van der Waals surface area contributed by atoms with E-state index in [0.717, 1.165) is 6.42 Å². The third-order valence-electron chi connectivity index (χ3n) is 2.94. The number of hydrogen-bond donors (Lipinski definition) is 1. The maximum absolute atomic E-state index is 12.3. The summed E-state index contributed by atoms with van der Waals surface area (Å²) in [6, 6.07) is 4.30. The van der Waals surface area contributed by atoms with Gasteiger partial charge in [-0.1, -0.05) is 13.0 Å². The smallest absolute Gasteiger partial charge is 0.227 e. The van der Waals surface area contributed by atoms with Gasteiger partial charge in [-0.05, 0) is 31.7 Å². The predicted molar refractivity (Wildman–Crippen MR) is 72.8 cm³/mol. The molecule has 0 saturated heterocycles. The lowest BCUT2D eigenvalue weighted by Crippen LogP contribution is -2.42. The van der Waals surface area contributed by atoms with Crippen molar-refractivity contribution in [2.75, 3.05) is 6.54 Å². The van der Waals surface area contributed by atoms with Crippen LogP contribution >= 0.6 is 11.3 Å². The second kappa shape index (κ2) is 6.77. The fourth-order valence-corrected chi connectivity index (χ4v) is 2.46.